The summed E-state index contributed by atoms with van der Waals surface area (Å²) in [6.45, 7) is 2.48. The number of hydrogen-bond acceptors (Lipinski definition) is 5. The molecule has 0 saturated carbocycles. The number of imidazole rings is 1. The Morgan fingerprint density at radius 2 is 2.28 bits per heavy atom. The first kappa shape index (κ1) is 12.3. The third-order valence-electron chi connectivity index (χ3n) is 2.78. The van der Waals surface area contributed by atoms with Crippen LogP contribution in [0.15, 0.2) is 12.5 Å². The lowest BCUT2D eigenvalue weighted by molar-refractivity contribution is 0.0592. The molecule has 2 aromatic rings. The molecule has 0 spiro atoms. The van der Waals surface area contributed by atoms with E-state index in [1.165, 1.54) is 7.11 Å². The Labute approximate surface area is 104 Å². The molecule has 2 aromatic heterocycles. The van der Waals surface area contributed by atoms with Gasteiger partial charge in [-0.15, -0.1) is 5.10 Å². The minimum absolute atomic E-state index is 0.280. The van der Waals surface area contributed by atoms with Gasteiger partial charge in [-0.05, 0) is 6.42 Å². The molecule has 96 valence electrons. The SMILES string of the molecule is CCc1c(C(=O)OC)nnn1Cc1cncn1C. The van der Waals surface area contributed by atoms with Crippen molar-refractivity contribution >= 4 is 5.97 Å². The molecule has 0 fully saturated rings. The molecule has 0 aromatic carbocycles. The highest BCUT2D eigenvalue weighted by atomic mass is 16.5. The van der Waals surface area contributed by atoms with Crippen molar-refractivity contribution in [3.63, 3.8) is 0 Å². The third-order valence-corrected chi connectivity index (χ3v) is 2.78. The van der Waals surface area contributed by atoms with E-state index < -0.39 is 5.97 Å². The van der Waals surface area contributed by atoms with Crippen LogP contribution in [0.1, 0.15) is 28.8 Å². The fourth-order valence-electron chi connectivity index (χ4n) is 1.76. The molecule has 0 aliphatic heterocycles. The van der Waals surface area contributed by atoms with Gasteiger partial charge in [0.1, 0.15) is 0 Å². The minimum atomic E-state index is -0.455. The van der Waals surface area contributed by atoms with E-state index in [0.717, 1.165) is 11.4 Å². The molecule has 7 heteroatoms. The molecule has 2 heterocycles. The monoisotopic (exact) mass is 249 g/mol. The Morgan fingerprint density at radius 3 is 2.83 bits per heavy atom. The molecule has 0 atom stereocenters. The Hall–Kier alpha value is -2.18. The highest BCUT2D eigenvalue weighted by Crippen LogP contribution is 2.10. The van der Waals surface area contributed by atoms with Gasteiger partial charge in [-0.3, -0.25) is 0 Å². The van der Waals surface area contributed by atoms with Gasteiger partial charge in [0.25, 0.3) is 0 Å². The molecular weight excluding hydrogens is 234 g/mol. The lowest BCUT2D eigenvalue weighted by atomic mass is 10.2. The molecule has 0 amide bonds. The number of ether oxygens (including phenoxy) is 1. The number of methoxy groups -OCH3 is 1. The van der Waals surface area contributed by atoms with E-state index in [1.807, 2.05) is 18.5 Å². The Bertz CT molecular complexity index is 558. The number of aromatic nitrogens is 5. The lowest BCUT2D eigenvalue weighted by Crippen LogP contribution is -2.11. The smallest absolute Gasteiger partial charge is 0.360 e. The summed E-state index contributed by atoms with van der Waals surface area (Å²) in [4.78, 5) is 15.6. The highest BCUT2D eigenvalue weighted by Gasteiger charge is 2.19. The summed E-state index contributed by atoms with van der Waals surface area (Å²) in [5, 5.41) is 7.87. The van der Waals surface area contributed by atoms with Gasteiger partial charge in [-0.2, -0.15) is 0 Å². The number of nitrogens with zero attached hydrogens (tertiary/aromatic N) is 5. The maximum atomic E-state index is 11.5. The van der Waals surface area contributed by atoms with Crippen LogP contribution in [0.2, 0.25) is 0 Å². The van der Waals surface area contributed by atoms with Crippen molar-refractivity contribution in [3.05, 3.63) is 29.6 Å². The molecule has 0 bridgehead atoms. The Morgan fingerprint density at radius 1 is 1.50 bits per heavy atom. The number of rotatable bonds is 4. The quantitative estimate of drug-likeness (QED) is 0.734. The van der Waals surface area contributed by atoms with Gasteiger partial charge in [0.2, 0.25) is 0 Å². The van der Waals surface area contributed by atoms with Crippen LogP contribution in [-0.2, 0) is 24.8 Å². The van der Waals surface area contributed by atoms with Crippen molar-refractivity contribution in [2.75, 3.05) is 7.11 Å². The van der Waals surface area contributed by atoms with Crippen molar-refractivity contribution in [1.29, 1.82) is 0 Å². The van der Waals surface area contributed by atoms with Gasteiger partial charge >= 0.3 is 5.97 Å². The van der Waals surface area contributed by atoms with Gasteiger partial charge in [0.05, 0.1) is 37.6 Å². The van der Waals surface area contributed by atoms with Crippen molar-refractivity contribution < 1.29 is 9.53 Å². The maximum absolute atomic E-state index is 11.5. The molecule has 18 heavy (non-hydrogen) atoms. The summed E-state index contributed by atoms with van der Waals surface area (Å²) in [7, 11) is 3.24. The Kier molecular flexibility index (Phi) is 3.40. The van der Waals surface area contributed by atoms with E-state index in [2.05, 4.69) is 20.0 Å². The number of hydrogen-bond donors (Lipinski definition) is 0. The van der Waals surface area contributed by atoms with Crippen molar-refractivity contribution in [2.24, 2.45) is 7.05 Å². The van der Waals surface area contributed by atoms with E-state index in [4.69, 9.17) is 0 Å². The van der Waals surface area contributed by atoms with Crippen LogP contribution >= 0.6 is 0 Å². The van der Waals surface area contributed by atoms with Crippen LogP contribution in [0.5, 0.6) is 0 Å². The second-order valence-corrected chi connectivity index (χ2v) is 3.88. The molecule has 0 N–H and O–H groups in total. The molecule has 2 rings (SSSR count). The first-order chi connectivity index (χ1) is 8.67. The summed E-state index contributed by atoms with van der Waals surface area (Å²) in [5.74, 6) is -0.455. The first-order valence-electron chi connectivity index (χ1n) is 5.63. The largest absolute Gasteiger partial charge is 0.464 e. The average Bonchev–Trinajstić information content (AvgIpc) is 2.96. The Balaban J connectivity index is 2.32. The topological polar surface area (TPSA) is 74.8 Å². The van der Waals surface area contributed by atoms with Crippen LogP contribution in [-0.4, -0.2) is 37.6 Å². The second kappa shape index (κ2) is 4.99. The number of carbonyl (C=O) groups excluding carboxylic acids is 1. The van der Waals surface area contributed by atoms with Gasteiger partial charge in [-0.1, -0.05) is 12.1 Å². The van der Waals surface area contributed by atoms with Crippen LogP contribution in [0.4, 0.5) is 0 Å². The fraction of sp³-hybridized carbons (Fsp3) is 0.455. The number of aryl methyl sites for hydroxylation is 1. The average molecular weight is 249 g/mol. The predicted molar refractivity (Wildman–Crippen MR) is 63.0 cm³/mol. The summed E-state index contributed by atoms with van der Waals surface area (Å²) in [6.07, 6.45) is 4.15. The second-order valence-electron chi connectivity index (χ2n) is 3.88. The minimum Gasteiger partial charge on any atom is -0.464 e. The summed E-state index contributed by atoms with van der Waals surface area (Å²) in [5.41, 5.74) is 2.04. The molecular formula is C11H15N5O2. The number of esters is 1. The van der Waals surface area contributed by atoms with Crippen molar-refractivity contribution in [2.45, 2.75) is 19.9 Å². The molecule has 0 aliphatic carbocycles. The van der Waals surface area contributed by atoms with Crippen molar-refractivity contribution in [1.82, 2.24) is 24.5 Å². The zero-order valence-corrected chi connectivity index (χ0v) is 10.6. The van der Waals surface area contributed by atoms with E-state index in [0.29, 0.717) is 13.0 Å². The first-order valence-corrected chi connectivity index (χ1v) is 5.63. The molecule has 0 aliphatic rings. The molecule has 0 radical (unpaired) electrons. The third kappa shape index (κ3) is 2.11. The summed E-state index contributed by atoms with van der Waals surface area (Å²) in [6, 6.07) is 0. The van der Waals surface area contributed by atoms with Crippen molar-refractivity contribution in [3.8, 4) is 0 Å². The summed E-state index contributed by atoms with van der Waals surface area (Å²) >= 11 is 0. The lowest BCUT2D eigenvalue weighted by Gasteiger charge is -2.05. The maximum Gasteiger partial charge on any atom is 0.360 e. The van der Waals surface area contributed by atoms with Crippen LogP contribution in [0, 0.1) is 0 Å². The molecule has 0 saturated heterocycles. The zero-order valence-electron chi connectivity index (χ0n) is 10.6. The standard InChI is InChI=1S/C11H15N5O2/c1-4-9-10(11(17)18-3)13-14-16(9)6-8-5-12-7-15(8)2/h5,7H,4,6H2,1-3H3. The van der Waals surface area contributed by atoms with Gasteiger partial charge in [0, 0.05) is 7.05 Å². The van der Waals surface area contributed by atoms with Crippen LogP contribution in [0.25, 0.3) is 0 Å². The molecule has 7 nitrogen and oxygen atoms in total. The zero-order chi connectivity index (χ0) is 13.1. The van der Waals surface area contributed by atoms with E-state index >= 15 is 0 Å². The van der Waals surface area contributed by atoms with Gasteiger partial charge < -0.3 is 9.30 Å². The summed E-state index contributed by atoms with van der Waals surface area (Å²) < 4.78 is 8.28. The van der Waals surface area contributed by atoms with Crippen LogP contribution in [0.3, 0.4) is 0 Å². The predicted octanol–water partition coefficient (Wildman–Crippen LogP) is 0.409. The normalized spacial score (nSPS) is 10.6. The molecule has 0 unspecified atom stereocenters. The highest BCUT2D eigenvalue weighted by molar-refractivity contribution is 5.88. The van der Waals surface area contributed by atoms with Crippen LogP contribution < -0.4 is 0 Å². The van der Waals surface area contributed by atoms with Gasteiger partial charge in [-0.25, -0.2) is 14.5 Å². The van der Waals surface area contributed by atoms with E-state index in [-0.39, 0.29) is 5.69 Å². The van der Waals surface area contributed by atoms with E-state index in [1.54, 1.807) is 17.2 Å². The number of carbonyl (C=O) groups is 1. The van der Waals surface area contributed by atoms with Gasteiger partial charge in [0.15, 0.2) is 5.69 Å². The van der Waals surface area contributed by atoms with E-state index in [9.17, 15) is 4.79 Å². The fourth-order valence-corrected chi connectivity index (χ4v) is 1.76.